The number of imide groups is 1. The summed E-state index contributed by atoms with van der Waals surface area (Å²) in [6.45, 7) is 0.929. The number of nitrogens with zero attached hydrogens (tertiary/aromatic N) is 2. The van der Waals surface area contributed by atoms with Crippen molar-refractivity contribution in [1.29, 1.82) is 0 Å². The lowest BCUT2D eigenvalue weighted by Crippen LogP contribution is -2.30. The Morgan fingerprint density at radius 3 is 2.23 bits per heavy atom. The van der Waals surface area contributed by atoms with Gasteiger partial charge < -0.3 is 4.74 Å². The summed E-state index contributed by atoms with van der Waals surface area (Å²) < 4.78 is 5.49. The van der Waals surface area contributed by atoms with E-state index in [4.69, 9.17) is 4.74 Å². The van der Waals surface area contributed by atoms with Gasteiger partial charge >= 0.3 is 0 Å². The number of carbonyl (C=O) groups excluding carboxylic acids is 2. The largest absolute Gasteiger partial charge is 0.478 e. The van der Waals surface area contributed by atoms with Crippen LogP contribution in [0.3, 0.4) is 0 Å². The van der Waals surface area contributed by atoms with E-state index in [0.717, 1.165) is 6.42 Å². The average molecular weight is 296 g/mol. The van der Waals surface area contributed by atoms with Gasteiger partial charge in [0.15, 0.2) is 0 Å². The second kappa shape index (κ2) is 6.39. The van der Waals surface area contributed by atoms with Gasteiger partial charge in [0, 0.05) is 18.8 Å². The van der Waals surface area contributed by atoms with E-state index in [9.17, 15) is 9.59 Å². The van der Waals surface area contributed by atoms with Crippen LogP contribution < -0.4 is 4.74 Å². The minimum absolute atomic E-state index is 0.203. The second-order valence-electron chi connectivity index (χ2n) is 5.03. The first-order valence-electron chi connectivity index (χ1n) is 7.26. The Hall–Kier alpha value is -2.69. The quantitative estimate of drug-likeness (QED) is 0.607. The van der Waals surface area contributed by atoms with Gasteiger partial charge in [0.25, 0.3) is 11.8 Å². The molecule has 0 unspecified atom stereocenters. The van der Waals surface area contributed by atoms with Crippen molar-refractivity contribution in [3.8, 4) is 5.88 Å². The Bertz CT molecular complexity index is 650. The number of hydrogen-bond acceptors (Lipinski definition) is 4. The molecule has 1 aliphatic heterocycles. The maximum absolute atomic E-state index is 12.2. The van der Waals surface area contributed by atoms with Crippen LogP contribution in [0.1, 0.15) is 33.6 Å². The van der Waals surface area contributed by atoms with E-state index < -0.39 is 0 Å². The van der Waals surface area contributed by atoms with Crippen LogP contribution in [0, 0.1) is 0 Å². The number of rotatable bonds is 6. The molecule has 1 aromatic carbocycles. The molecule has 0 bridgehead atoms. The monoisotopic (exact) mass is 296 g/mol. The van der Waals surface area contributed by atoms with Crippen molar-refractivity contribution >= 4 is 11.8 Å². The predicted octanol–water partition coefficient (Wildman–Crippen LogP) is 2.54. The molecule has 2 amide bonds. The number of aromatic nitrogens is 1. The highest BCUT2D eigenvalue weighted by Crippen LogP contribution is 2.22. The summed E-state index contributed by atoms with van der Waals surface area (Å²) in [6.07, 6.45) is 3.14. The smallest absolute Gasteiger partial charge is 0.261 e. The molecule has 0 aliphatic carbocycles. The third-order valence-electron chi connectivity index (χ3n) is 3.54. The van der Waals surface area contributed by atoms with Crippen molar-refractivity contribution in [2.45, 2.75) is 12.8 Å². The third-order valence-corrected chi connectivity index (χ3v) is 3.54. The molecule has 0 spiro atoms. The Balaban J connectivity index is 1.47. The molecule has 0 fully saturated rings. The van der Waals surface area contributed by atoms with Crippen LogP contribution in [-0.2, 0) is 0 Å². The van der Waals surface area contributed by atoms with Gasteiger partial charge in [-0.05, 0) is 31.0 Å². The molecule has 1 aliphatic rings. The van der Waals surface area contributed by atoms with E-state index >= 15 is 0 Å². The fourth-order valence-corrected chi connectivity index (χ4v) is 2.42. The van der Waals surface area contributed by atoms with Gasteiger partial charge in [-0.3, -0.25) is 14.5 Å². The van der Waals surface area contributed by atoms with Crippen LogP contribution in [0.4, 0.5) is 0 Å². The van der Waals surface area contributed by atoms with Gasteiger partial charge in [0.1, 0.15) is 0 Å². The molecule has 5 heteroatoms. The van der Waals surface area contributed by atoms with E-state index in [1.807, 2.05) is 12.1 Å². The van der Waals surface area contributed by atoms with Gasteiger partial charge in [-0.1, -0.05) is 18.2 Å². The summed E-state index contributed by atoms with van der Waals surface area (Å²) in [4.78, 5) is 29.7. The molecule has 5 nitrogen and oxygen atoms in total. The number of pyridine rings is 1. The summed E-state index contributed by atoms with van der Waals surface area (Å²) in [5.74, 6) is 0.181. The van der Waals surface area contributed by atoms with E-state index in [0.29, 0.717) is 36.6 Å². The van der Waals surface area contributed by atoms with Gasteiger partial charge in [0.2, 0.25) is 5.88 Å². The standard InChI is InChI=1S/C17H16N2O3/c20-16-13-7-1-2-8-14(13)17(21)19(16)11-5-6-12-22-15-9-3-4-10-18-15/h1-4,7-10H,5-6,11-12H2. The molecule has 2 heterocycles. The van der Waals surface area contributed by atoms with Crippen LogP contribution in [-0.4, -0.2) is 34.8 Å². The first-order chi connectivity index (χ1) is 10.8. The topological polar surface area (TPSA) is 59.5 Å². The fraction of sp³-hybridized carbons (Fsp3) is 0.235. The van der Waals surface area contributed by atoms with Crippen LogP contribution in [0.5, 0.6) is 5.88 Å². The van der Waals surface area contributed by atoms with Crippen LogP contribution in [0.2, 0.25) is 0 Å². The number of carbonyl (C=O) groups is 2. The van der Waals surface area contributed by atoms with Gasteiger partial charge in [0.05, 0.1) is 17.7 Å². The molecule has 1 aromatic heterocycles. The number of hydrogen-bond donors (Lipinski definition) is 0. The van der Waals surface area contributed by atoms with Crippen molar-refractivity contribution in [2.75, 3.05) is 13.2 Å². The normalized spacial score (nSPS) is 13.4. The lowest BCUT2D eigenvalue weighted by atomic mass is 10.1. The highest BCUT2D eigenvalue weighted by Gasteiger charge is 2.34. The SMILES string of the molecule is O=C1c2ccccc2C(=O)N1CCCCOc1ccccn1. The first kappa shape index (κ1) is 14.3. The molecule has 0 saturated heterocycles. The summed E-state index contributed by atoms with van der Waals surface area (Å²) in [7, 11) is 0. The Kier molecular flexibility index (Phi) is 4.14. The number of amides is 2. The zero-order valence-electron chi connectivity index (χ0n) is 12.1. The molecular weight excluding hydrogens is 280 g/mol. The minimum Gasteiger partial charge on any atom is -0.478 e. The maximum atomic E-state index is 12.2. The number of unbranched alkanes of at least 4 members (excludes halogenated alkanes) is 1. The Labute approximate surface area is 128 Å². The Morgan fingerprint density at radius 1 is 0.909 bits per heavy atom. The van der Waals surface area contributed by atoms with Gasteiger partial charge in [-0.15, -0.1) is 0 Å². The molecule has 2 aromatic rings. The summed E-state index contributed by atoms with van der Waals surface area (Å²) in [5, 5.41) is 0. The van der Waals surface area contributed by atoms with Gasteiger partial charge in [-0.2, -0.15) is 0 Å². The summed E-state index contributed by atoms with van der Waals surface area (Å²) in [5.41, 5.74) is 0.995. The Morgan fingerprint density at radius 2 is 1.59 bits per heavy atom. The third kappa shape index (κ3) is 2.83. The van der Waals surface area contributed by atoms with Crippen LogP contribution in [0.15, 0.2) is 48.7 Å². The first-order valence-corrected chi connectivity index (χ1v) is 7.26. The molecule has 0 radical (unpaired) electrons. The molecule has 22 heavy (non-hydrogen) atoms. The van der Waals surface area contributed by atoms with Crippen molar-refractivity contribution in [2.24, 2.45) is 0 Å². The minimum atomic E-state index is -0.203. The molecular formula is C17H16N2O3. The molecule has 112 valence electrons. The predicted molar refractivity (Wildman–Crippen MR) is 80.8 cm³/mol. The van der Waals surface area contributed by atoms with Crippen molar-refractivity contribution < 1.29 is 14.3 Å². The van der Waals surface area contributed by atoms with Crippen LogP contribution in [0.25, 0.3) is 0 Å². The average Bonchev–Trinajstić information content (AvgIpc) is 2.81. The lowest BCUT2D eigenvalue weighted by Gasteiger charge is -2.13. The molecule has 3 rings (SSSR count). The zero-order valence-corrected chi connectivity index (χ0v) is 12.1. The highest BCUT2D eigenvalue weighted by atomic mass is 16.5. The van der Waals surface area contributed by atoms with Gasteiger partial charge in [-0.25, -0.2) is 4.98 Å². The number of ether oxygens (including phenoxy) is 1. The van der Waals surface area contributed by atoms with Crippen molar-refractivity contribution in [3.63, 3.8) is 0 Å². The zero-order chi connectivity index (χ0) is 15.4. The molecule has 0 atom stereocenters. The van der Waals surface area contributed by atoms with Crippen molar-refractivity contribution in [3.05, 3.63) is 59.8 Å². The fourth-order valence-electron chi connectivity index (χ4n) is 2.42. The van der Waals surface area contributed by atoms with Crippen molar-refractivity contribution in [1.82, 2.24) is 9.88 Å². The maximum Gasteiger partial charge on any atom is 0.261 e. The lowest BCUT2D eigenvalue weighted by molar-refractivity contribution is 0.0649. The molecule has 0 N–H and O–H groups in total. The molecule has 0 saturated carbocycles. The number of benzene rings is 1. The van der Waals surface area contributed by atoms with E-state index in [-0.39, 0.29) is 11.8 Å². The second-order valence-corrected chi connectivity index (χ2v) is 5.03. The van der Waals surface area contributed by atoms with Crippen LogP contribution >= 0.6 is 0 Å². The highest BCUT2D eigenvalue weighted by molar-refractivity contribution is 6.21. The number of fused-ring (bicyclic) bond motifs is 1. The van der Waals surface area contributed by atoms with E-state index in [1.54, 1.807) is 36.5 Å². The van der Waals surface area contributed by atoms with E-state index in [1.165, 1.54) is 4.90 Å². The summed E-state index contributed by atoms with van der Waals surface area (Å²) in [6, 6.07) is 12.4. The van der Waals surface area contributed by atoms with E-state index in [2.05, 4.69) is 4.98 Å². The summed E-state index contributed by atoms with van der Waals surface area (Å²) >= 11 is 0.